The maximum Gasteiger partial charge on any atom is 0.451 e. The number of halogens is 6. The number of nitrogens with one attached hydrogen (secondary N) is 1. The molecule has 0 aliphatic heterocycles. The number of aromatic nitrogens is 2. The van der Waals surface area contributed by atoms with Gasteiger partial charge in [0.05, 0.1) is 5.69 Å². The fourth-order valence-corrected chi connectivity index (χ4v) is 2.23. The highest BCUT2D eigenvalue weighted by molar-refractivity contribution is 9.11. The van der Waals surface area contributed by atoms with Crippen molar-refractivity contribution in [1.29, 1.82) is 0 Å². The van der Waals surface area contributed by atoms with E-state index >= 15 is 0 Å². The molecule has 9 heteroatoms. The average molecular weight is 431 g/mol. The van der Waals surface area contributed by atoms with Gasteiger partial charge in [0, 0.05) is 15.0 Å². The van der Waals surface area contributed by atoms with E-state index in [1.807, 2.05) is 0 Å². The summed E-state index contributed by atoms with van der Waals surface area (Å²) in [5.74, 6) is -1.34. The number of hydrogen-bond donors (Lipinski definition) is 1. The van der Waals surface area contributed by atoms with Crippen molar-refractivity contribution in [2.45, 2.75) is 6.18 Å². The molecule has 0 unspecified atom stereocenters. The van der Waals surface area contributed by atoms with Crippen molar-refractivity contribution in [2.24, 2.45) is 0 Å². The van der Waals surface area contributed by atoms with Crippen LogP contribution in [0.3, 0.4) is 0 Å². The number of alkyl halides is 3. The zero-order valence-electron chi connectivity index (χ0n) is 9.47. The van der Waals surface area contributed by atoms with Crippen LogP contribution in [0, 0.1) is 0 Å². The zero-order valence-corrected chi connectivity index (χ0v) is 13.4. The number of nitrogens with zero attached hydrogens (tertiary/aromatic N) is 2. The van der Waals surface area contributed by atoms with E-state index < -0.39 is 12.0 Å². The molecule has 0 saturated heterocycles. The molecule has 0 spiro atoms. The molecular formula is C11H5Br2ClF3N3. The van der Waals surface area contributed by atoms with Crippen molar-refractivity contribution in [1.82, 2.24) is 9.97 Å². The molecular weight excluding hydrogens is 426 g/mol. The molecule has 3 nitrogen and oxygen atoms in total. The predicted molar refractivity (Wildman–Crippen MR) is 77.2 cm³/mol. The first-order valence-electron chi connectivity index (χ1n) is 5.09. The van der Waals surface area contributed by atoms with E-state index in [-0.39, 0.29) is 11.0 Å². The molecule has 0 radical (unpaired) electrons. The fraction of sp³-hybridized carbons (Fsp3) is 0.0909. The Kier molecular flexibility index (Phi) is 4.55. The first kappa shape index (κ1) is 15.5. The van der Waals surface area contributed by atoms with Gasteiger partial charge in [-0.25, -0.2) is 9.97 Å². The summed E-state index contributed by atoms with van der Waals surface area (Å²) in [6, 6.07) is 6.42. The SMILES string of the molecule is FC(F)(F)c1nc(Cl)cc(Nc2cc(Br)ccc2Br)n1. The molecule has 0 aliphatic carbocycles. The van der Waals surface area contributed by atoms with E-state index in [9.17, 15) is 13.2 Å². The highest BCUT2D eigenvalue weighted by Crippen LogP contribution is 2.31. The van der Waals surface area contributed by atoms with Gasteiger partial charge in [-0.2, -0.15) is 13.2 Å². The second kappa shape index (κ2) is 5.87. The lowest BCUT2D eigenvalue weighted by molar-refractivity contribution is -0.144. The minimum atomic E-state index is -4.66. The Morgan fingerprint density at radius 1 is 1.10 bits per heavy atom. The minimum absolute atomic E-state index is 0.0453. The van der Waals surface area contributed by atoms with Gasteiger partial charge in [0.15, 0.2) is 0 Å². The van der Waals surface area contributed by atoms with Gasteiger partial charge in [-0.15, -0.1) is 0 Å². The molecule has 0 fully saturated rings. The van der Waals surface area contributed by atoms with Crippen LogP contribution in [0.4, 0.5) is 24.7 Å². The molecule has 1 N–H and O–H groups in total. The summed E-state index contributed by atoms with van der Waals surface area (Å²) in [5, 5.41) is 2.46. The Morgan fingerprint density at radius 3 is 2.45 bits per heavy atom. The van der Waals surface area contributed by atoms with Crippen molar-refractivity contribution in [3.63, 3.8) is 0 Å². The fourth-order valence-electron chi connectivity index (χ4n) is 1.34. The van der Waals surface area contributed by atoms with Crippen LogP contribution in [-0.2, 0) is 6.18 Å². The van der Waals surface area contributed by atoms with Crippen molar-refractivity contribution < 1.29 is 13.2 Å². The Balaban J connectivity index is 2.39. The third kappa shape index (κ3) is 3.83. The summed E-state index contributed by atoms with van der Waals surface area (Å²) in [4.78, 5) is 6.56. The van der Waals surface area contributed by atoms with Crippen LogP contribution in [0.1, 0.15) is 5.82 Å². The van der Waals surface area contributed by atoms with Gasteiger partial charge >= 0.3 is 6.18 Å². The molecule has 0 saturated carbocycles. The highest BCUT2D eigenvalue weighted by atomic mass is 79.9. The second-order valence-electron chi connectivity index (χ2n) is 3.65. The third-order valence-electron chi connectivity index (χ3n) is 2.14. The molecule has 0 atom stereocenters. The van der Waals surface area contributed by atoms with Crippen LogP contribution in [-0.4, -0.2) is 9.97 Å². The number of benzene rings is 1. The summed E-state index contributed by atoms with van der Waals surface area (Å²) in [5.41, 5.74) is 0.544. The predicted octanol–water partition coefficient (Wildman–Crippen LogP) is 5.42. The van der Waals surface area contributed by atoms with Gasteiger partial charge < -0.3 is 5.32 Å². The Morgan fingerprint density at radius 2 is 1.80 bits per heavy atom. The molecule has 1 aromatic carbocycles. The summed E-state index contributed by atoms with van der Waals surface area (Å²) >= 11 is 12.1. The summed E-state index contributed by atoms with van der Waals surface area (Å²) in [6.45, 7) is 0. The molecule has 1 heterocycles. The van der Waals surface area contributed by atoms with Crippen LogP contribution in [0.25, 0.3) is 0 Å². The molecule has 20 heavy (non-hydrogen) atoms. The van der Waals surface area contributed by atoms with Gasteiger partial charge in [0.2, 0.25) is 5.82 Å². The standard InChI is InChI=1S/C11H5Br2ClF3N3/c12-5-1-2-6(13)7(3-5)18-9-4-8(14)19-10(20-9)11(15,16)17/h1-4H,(H,18,19,20). The number of anilines is 2. The lowest BCUT2D eigenvalue weighted by atomic mass is 10.3. The van der Waals surface area contributed by atoms with Crippen LogP contribution in [0.5, 0.6) is 0 Å². The van der Waals surface area contributed by atoms with Crippen molar-refractivity contribution in [3.05, 3.63) is 44.2 Å². The average Bonchev–Trinajstić information content (AvgIpc) is 2.32. The van der Waals surface area contributed by atoms with Crippen molar-refractivity contribution in [2.75, 3.05) is 5.32 Å². The van der Waals surface area contributed by atoms with Gasteiger partial charge in [-0.3, -0.25) is 0 Å². The molecule has 0 bridgehead atoms. The third-order valence-corrected chi connectivity index (χ3v) is 3.52. The molecule has 0 amide bonds. The van der Waals surface area contributed by atoms with E-state index in [1.54, 1.807) is 18.2 Å². The minimum Gasteiger partial charge on any atom is -0.339 e. The molecule has 2 rings (SSSR count). The summed E-state index contributed by atoms with van der Waals surface area (Å²) in [6.07, 6.45) is -4.66. The number of rotatable bonds is 2. The smallest absolute Gasteiger partial charge is 0.339 e. The highest BCUT2D eigenvalue weighted by Gasteiger charge is 2.35. The molecule has 0 aliphatic rings. The quantitative estimate of drug-likeness (QED) is 0.646. The number of hydrogen-bond acceptors (Lipinski definition) is 3. The molecule has 1 aromatic heterocycles. The second-order valence-corrected chi connectivity index (χ2v) is 5.80. The first-order valence-corrected chi connectivity index (χ1v) is 7.06. The maximum absolute atomic E-state index is 12.6. The van der Waals surface area contributed by atoms with Gasteiger partial charge in [0.25, 0.3) is 0 Å². The Labute approximate surface area is 133 Å². The van der Waals surface area contributed by atoms with Crippen LogP contribution < -0.4 is 5.32 Å². The maximum atomic E-state index is 12.6. The zero-order chi connectivity index (χ0) is 14.9. The van der Waals surface area contributed by atoms with Gasteiger partial charge in [-0.1, -0.05) is 27.5 Å². The summed E-state index contributed by atoms with van der Waals surface area (Å²) in [7, 11) is 0. The van der Waals surface area contributed by atoms with E-state index in [0.29, 0.717) is 10.2 Å². The van der Waals surface area contributed by atoms with E-state index in [0.717, 1.165) is 4.47 Å². The van der Waals surface area contributed by atoms with Gasteiger partial charge in [0.1, 0.15) is 11.0 Å². The van der Waals surface area contributed by atoms with E-state index in [4.69, 9.17) is 11.6 Å². The van der Waals surface area contributed by atoms with Crippen molar-refractivity contribution in [3.8, 4) is 0 Å². The normalized spacial score (nSPS) is 11.5. The molecule has 106 valence electrons. The largest absolute Gasteiger partial charge is 0.451 e. The lowest BCUT2D eigenvalue weighted by Gasteiger charge is -2.11. The lowest BCUT2D eigenvalue weighted by Crippen LogP contribution is -2.12. The van der Waals surface area contributed by atoms with Gasteiger partial charge in [-0.05, 0) is 34.1 Å². The van der Waals surface area contributed by atoms with E-state index in [1.165, 1.54) is 6.07 Å². The van der Waals surface area contributed by atoms with E-state index in [2.05, 4.69) is 47.1 Å². The van der Waals surface area contributed by atoms with Crippen LogP contribution >= 0.6 is 43.5 Å². The monoisotopic (exact) mass is 429 g/mol. The molecule has 2 aromatic rings. The topological polar surface area (TPSA) is 37.8 Å². The Bertz CT molecular complexity index is 649. The van der Waals surface area contributed by atoms with Crippen LogP contribution in [0.2, 0.25) is 5.15 Å². The Hall–Kier alpha value is -0.860. The summed E-state index contributed by atoms with van der Waals surface area (Å²) < 4.78 is 39.2. The first-order chi connectivity index (χ1) is 9.25. The van der Waals surface area contributed by atoms with Crippen LogP contribution in [0.15, 0.2) is 33.2 Å². The van der Waals surface area contributed by atoms with Crippen molar-refractivity contribution >= 4 is 55.0 Å².